The highest BCUT2D eigenvalue weighted by Crippen LogP contribution is 2.11. The Kier molecular flexibility index (Phi) is 7.38. The summed E-state index contributed by atoms with van der Waals surface area (Å²) in [6.45, 7) is 3.56. The number of hydrogen-bond donors (Lipinski definition) is 2. The van der Waals surface area contributed by atoms with Crippen molar-refractivity contribution in [3.8, 4) is 0 Å². The fraction of sp³-hybridized carbons (Fsp3) is 0.200. The Morgan fingerprint density at radius 3 is 2.39 bits per heavy atom. The van der Waals surface area contributed by atoms with Gasteiger partial charge in [-0.3, -0.25) is 9.59 Å². The lowest BCUT2D eigenvalue weighted by Gasteiger charge is -2.07. The Balaban J connectivity index is 1.88. The molecule has 2 aromatic carbocycles. The van der Waals surface area contributed by atoms with Gasteiger partial charge < -0.3 is 10.1 Å². The number of nitrogens with zero attached hydrogens (tertiary/aromatic N) is 1. The van der Waals surface area contributed by atoms with Crippen LogP contribution in [0.15, 0.2) is 53.6 Å². The van der Waals surface area contributed by atoms with Crippen LogP contribution < -0.4 is 10.7 Å². The molecule has 0 atom stereocenters. The van der Waals surface area contributed by atoms with Gasteiger partial charge in [0.1, 0.15) is 5.82 Å². The maximum Gasteiger partial charge on any atom is 0.338 e. The third-order valence-corrected chi connectivity index (χ3v) is 3.56. The molecule has 0 aliphatic rings. The van der Waals surface area contributed by atoms with Crippen molar-refractivity contribution in [2.45, 2.75) is 20.3 Å². The van der Waals surface area contributed by atoms with E-state index in [0.29, 0.717) is 17.0 Å². The molecule has 0 saturated heterocycles. The molecule has 0 aliphatic heterocycles. The topological polar surface area (TPSA) is 96.9 Å². The zero-order valence-electron chi connectivity index (χ0n) is 15.5. The number of hydrazone groups is 1. The molecule has 2 aromatic rings. The van der Waals surface area contributed by atoms with Gasteiger partial charge >= 0.3 is 5.97 Å². The molecule has 0 bridgehead atoms. The number of esters is 1. The molecule has 0 spiro atoms. The first kappa shape index (κ1) is 20.8. The molecule has 0 heterocycles. The first-order chi connectivity index (χ1) is 13.4. The summed E-state index contributed by atoms with van der Waals surface area (Å²) < 4.78 is 18.4. The van der Waals surface area contributed by atoms with Crippen molar-refractivity contribution in [3.05, 3.63) is 65.5 Å². The van der Waals surface area contributed by atoms with Gasteiger partial charge in [0, 0.05) is 11.4 Å². The van der Waals surface area contributed by atoms with Crippen LogP contribution in [0.2, 0.25) is 0 Å². The maximum atomic E-state index is 13.5. The molecule has 0 unspecified atom stereocenters. The Bertz CT molecular complexity index is 895. The molecule has 146 valence electrons. The monoisotopic (exact) mass is 385 g/mol. The number of ether oxygens (including phenoxy) is 1. The zero-order valence-corrected chi connectivity index (χ0v) is 15.5. The van der Waals surface area contributed by atoms with Crippen LogP contribution in [0.5, 0.6) is 0 Å². The average molecular weight is 385 g/mol. The van der Waals surface area contributed by atoms with Crippen molar-refractivity contribution in [2.75, 3.05) is 11.9 Å². The third kappa shape index (κ3) is 6.01. The van der Waals surface area contributed by atoms with E-state index >= 15 is 0 Å². The smallest absolute Gasteiger partial charge is 0.338 e. The van der Waals surface area contributed by atoms with Gasteiger partial charge in [0.15, 0.2) is 0 Å². The largest absolute Gasteiger partial charge is 0.462 e. The van der Waals surface area contributed by atoms with Crippen molar-refractivity contribution in [1.82, 2.24) is 5.43 Å². The molecular formula is C20H20FN3O4. The fourth-order valence-corrected chi connectivity index (χ4v) is 2.23. The van der Waals surface area contributed by atoms with Gasteiger partial charge in [0.05, 0.1) is 24.2 Å². The molecule has 0 fully saturated rings. The molecule has 2 amide bonds. The second kappa shape index (κ2) is 9.96. The van der Waals surface area contributed by atoms with Gasteiger partial charge in [-0.2, -0.15) is 5.10 Å². The van der Waals surface area contributed by atoms with Crippen molar-refractivity contribution in [2.24, 2.45) is 5.10 Å². The SMILES string of the molecule is CCOC(=O)c1ccc(NC(=O)C/C(C)=N/NC(=O)c2ccccc2F)cc1. The minimum atomic E-state index is -0.701. The van der Waals surface area contributed by atoms with Crippen molar-refractivity contribution < 1.29 is 23.5 Å². The number of halogens is 1. The van der Waals surface area contributed by atoms with E-state index in [1.807, 2.05) is 0 Å². The number of nitrogens with one attached hydrogen (secondary N) is 2. The van der Waals surface area contributed by atoms with E-state index in [2.05, 4.69) is 15.8 Å². The van der Waals surface area contributed by atoms with Gasteiger partial charge in [-0.05, 0) is 50.2 Å². The summed E-state index contributed by atoms with van der Waals surface area (Å²) in [5.41, 5.74) is 3.31. The normalized spacial score (nSPS) is 10.9. The third-order valence-electron chi connectivity index (χ3n) is 3.56. The van der Waals surface area contributed by atoms with Crippen LogP contribution in [0.3, 0.4) is 0 Å². The standard InChI is InChI=1S/C20H20FN3O4/c1-3-28-20(27)14-8-10-15(11-9-14)22-18(25)12-13(2)23-24-19(26)16-6-4-5-7-17(16)21/h4-11H,3,12H2,1-2H3,(H,22,25)(H,24,26)/b23-13+. The number of hydrogen-bond acceptors (Lipinski definition) is 5. The lowest BCUT2D eigenvalue weighted by atomic mass is 10.2. The summed E-state index contributed by atoms with van der Waals surface area (Å²) in [6, 6.07) is 11.8. The summed E-state index contributed by atoms with van der Waals surface area (Å²) in [6.07, 6.45) is -0.0722. The summed E-state index contributed by atoms with van der Waals surface area (Å²) in [7, 11) is 0. The number of benzene rings is 2. The molecule has 2 N–H and O–H groups in total. The Morgan fingerprint density at radius 1 is 1.07 bits per heavy atom. The fourth-order valence-electron chi connectivity index (χ4n) is 2.23. The Labute approximate surface area is 161 Å². The van der Waals surface area contributed by atoms with E-state index in [9.17, 15) is 18.8 Å². The van der Waals surface area contributed by atoms with Gasteiger partial charge in [-0.1, -0.05) is 12.1 Å². The van der Waals surface area contributed by atoms with Crippen molar-refractivity contribution in [3.63, 3.8) is 0 Å². The highest BCUT2D eigenvalue weighted by molar-refractivity contribution is 6.06. The number of amides is 2. The van der Waals surface area contributed by atoms with Crippen molar-refractivity contribution >= 4 is 29.2 Å². The highest BCUT2D eigenvalue weighted by Gasteiger charge is 2.11. The van der Waals surface area contributed by atoms with E-state index in [1.165, 1.54) is 24.3 Å². The van der Waals surface area contributed by atoms with Crippen LogP contribution in [-0.2, 0) is 9.53 Å². The molecular weight excluding hydrogens is 365 g/mol. The van der Waals surface area contributed by atoms with Gasteiger partial charge in [0.2, 0.25) is 5.91 Å². The van der Waals surface area contributed by atoms with E-state index in [0.717, 1.165) is 0 Å². The quantitative estimate of drug-likeness (QED) is 0.435. The van der Waals surface area contributed by atoms with E-state index < -0.39 is 17.7 Å². The van der Waals surface area contributed by atoms with Crippen LogP contribution in [0, 0.1) is 5.82 Å². The molecule has 0 aliphatic carbocycles. The van der Waals surface area contributed by atoms with Crippen LogP contribution in [-0.4, -0.2) is 30.1 Å². The minimum absolute atomic E-state index is 0.0722. The first-order valence-corrected chi connectivity index (χ1v) is 8.55. The number of anilines is 1. The van der Waals surface area contributed by atoms with Gasteiger partial charge in [0.25, 0.3) is 5.91 Å². The summed E-state index contributed by atoms with van der Waals surface area (Å²) in [5.74, 6) is -2.15. The molecule has 7 nitrogen and oxygen atoms in total. The minimum Gasteiger partial charge on any atom is -0.462 e. The Hall–Kier alpha value is -3.55. The van der Waals surface area contributed by atoms with E-state index in [4.69, 9.17) is 4.74 Å². The van der Waals surface area contributed by atoms with Gasteiger partial charge in [-0.25, -0.2) is 14.6 Å². The summed E-state index contributed by atoms with van der Waals surface area (Å²) in [5, 5.41) is 6.46. The van der Waals surface area contributed by atoms with Crippen LogP contribution >= 0.6 is 0 Å². The lowest BCUT2D eigenvalue weighted by molar-refractivity contribution is -0.115. The second-order valence-corrected chi connectivity index (χ2v) is 5.79. The lowest BCUT2D eigenvalue weighted by Crippen LogP contribution is -2.22. The predicted octanol–water partition coefficient (Wildman–Crippen LogP) is 3.14. The number of carbonyl (C=O) groups excluding carboxylic acids is 3. The van der Waals surface area contributed by atoms with E-state index in [-0.39, 0.29) is 24.5 Å². The molecule has 0 aromatic heterocycles. The average Bonchev–Trinajstić information content (AvgIpc) is 2.67. The summed E-state index contributed by atoms with van der Waals surface area (Å²) >= 11 is 0. The zero-order chi connectivity index (χ0) is 20.5. The number of rotatable bonds is 7. The second-order valence-electron chi connectivity index (χ2n) is 5.79. The molecule has 8 heteroatoms. The number of carbonyl (C=O) groups is 3. The van der Waals surface area contributed by atoms with Crippen LogP contribution in [0.1, 0.15) is 41.0 Å². The van der Waals surface area contributed by atoms with Crippen LogP contribution in [0.4, 0.5) is 10.1 Å². The first-order valence-electron chi connectivity index (χ1n) is 8.55. The molecule has 2 rings (SSSR count). The summed E-state index contributed by atoms with van der Waals surface area (Å²) in [4.78, 5) is 35.5. The molecule has 28 heavy (non-hydrogen) atoms. The Morgan fingerprint density at radius 2 is 1.75 bits per heavy atom. The highest BCUT2D eigenvalue weighted by atomic mass is 19.1. The molecule has 0 saturated carbocycles. The van der Waals surface area contributed by atoms with Gasteiger partial charge in [-0.15, -0.1) is 0 Å². The van der Waals surface area contributed by atoms with E-state index in [1.54, 1.807) is 38.1 Å². The maximum absolute atomic E-state index is 13.5. The van der Waals surface area contributed by atoms with Crippen molar-refractivity contribution in [1.29, 1.82) is 0 Å². The predicted molar refractivity (Wildman–Crippen MR) is 103 cm³/mol. The molecule has 0 radical (unpaired) electrons. The van der Waals surface area contributed by atoms with Crippen LogP contribution in [0.25, 0.3) is 0 Å².